The van der Waals surface area contributed by atoms with Gasteiger partial charge in [-0.1, -0.05) is 6.07 Å². The highest BCUT2D eigenvalue weighted by Gasteiger charge is 2.29. The number of benzene rings is 1. The first-order chi connectivity index (χ1) is 13.4. The summed E-state index contributed by atoms with van der Waals surface area (Å²) in [4.78, 5) is 24.6. The number of aryl methyl sites for hydroxylation is 1. The lowest BCUT2D eigenvalue weighted by Gasteiger charge is -2.19. The Balaban J connectivity index is 2.41. The van der Waals surface area contributed by atoms with Gasteiger partial charge in [0, 0.05) is 12.5 Å². The van der Waals surface area contributed by atoms with Crippen LogP contribution in [0, 0.1) is 0 Å². The number of hydrogen-bond acceptors (Lipinski definition) is 6. The fourth-order valence-corrected chi connectivity index (χ4v) is 3.84. The standard InChI is InChI=1S/C21H23NO5S/c1-11(23)22-15-7-5-12-9-17(25-2)20(26-3)21(27-4)19(12)13-6-8-18(28)16(24)10-14(13)15/h6,8-10,15H,5,7H2,1-4H3,(H,22,23)(H,24,28)/t15-/m0/s1. The molecule has 1 N–H and O–H groups in total. The lowest BCUT2D eigenvalue weighted by atomic mass is 9.95. The average molecular weight is 401 g/mol. The fourth-order valence-electron chi connectivity index (χ4n) is 3.70. The highest BCUT2D eigenvalue weighted by molar-refractivity contribution is 7.80. The van der Waals surface area contributed by atoms with Crippen molar-refractivity contribution < 1.29 is 19.0 Å². The molecule has 0 radical (unpaired) electrons. The Labute approximate surface area is 169 Å². The molecule has 0 aromatic heterocycles. The topological polar surface area (TPSA) is 73.9 Å². The lowest BCUT2D eigenvalue weighted by Crippen LogP contribution is -2.26. The molecular weight excluding hydrogens is 378 g/mol. The molecule has 0 saturated heterocycles. The molecule has 2 aromatic carbocycles. The fraction of sp³-hybridized carbons (Fsp3) is 0.333. The Morgan fingerprint density at radius 3 is 2.43 bits per heavy atom. The lowest BCUT2D eigenvalue weighted by molar-refractivity contribution is -0.119. The molecule has 1 aliphatic rings. The van der Waals surface area contributed by atoms with Gasteiger partial charge in [0.1, 0.15) is 0 Å². The molecule has 1 aliphatic carbocycles. The van der Waals surface area contributed by atoms with Gasteiger partial charge in [0.25, 0.3) is 0 Å². The van der Waals surface area contributed by atoms with Gasteiger partial charge < -0.3 is 19.5 Å². The number of amides is 1. The summed E-state index contributed by atoms with van der Waals surface area (Å²) in [7, 11) is 4.70. The molecule has 0 spiro atoms. The zero-order chi connectivity index (χ0) is 20.4. The molecule has 148 valence electrons. The minimum atomic E-state index is -0.311. The van der Waals surface area contributed by atoms with Crippen LogP contribution in [0.25, 0.3) is 11.1 Å². The molecular formula is C21H23NO5S. The van der Waals surface area contributed by atoms with Gasteiger partial charge in [-0.15, -0.1) is 12.6 Å². The molecule has 0 saturated carbocycles. The monoisotopic (exact) mass is 401 g/mol. The normalized spacial score (nSPS) is 15.0. The molecule has 0 unspecified atom stereocenters. The smallest absolute Gasteiger partial charge is 0.217 e. The Morgan fingerprint density at radius 2 is 1.82 bits per heavy atom. The van der Waals surface area contributed by atoms with Gasteiger partial charge in [0.05, 0.1) is 32.3 Å². The van der Waals surface area contributed by atoms with Crippen molar-refractivity contribution in [3.63, 3.8) is 0 Å². The van der Waals surface area contributed by atoms with Crippen LogP contribution < -0.4 is 25.0 Å². The van der Waals surface area contributed by atoms with Crippen LogP contribution in [0.3, 0.4) is 0 Å². The zero-order valence-electron chi connectivity index (χ0n) is 16.3. The van der Waals surface area contributed by atoms with E-state index in [1.54, 1.807) is 33.5 Å². The van der Waals surface area contributed by atoms with Gasteiger partial charge in [-0.05, 0) is 47.7 Å². The summed E-state index contributed by atoms with van der Waals surface area (Å²) >= 11 is 4.28. The van der Waals surface area contributed by atoms with Crippen molar-refractivity contribution in [2.45, 2.75) is 30.7 Å². The maximum Gasteiger partial charge on any atom is 0.217 e. The number of fused-ring (bicyclic) bond motifs is 3. The summed E-state index contributed by atoms with van der Waals surface area (Å²) in [6, 6.07) is 6.66. The third-order valence-corrected chi connectivity index (χ3v) is 5.26. The van der Waals surface area contributed by atoms with Crippen LogP contribution in [0.2, 0.25) is 0 Å². The van der Waals surface area contributed by atoms with Crippen molar-refractivity contribution in [1.82, 2.24) is 5.32 Å². The van der Waals surface area contributed by atoms with Crippen LogP contribution in [0.5, 0.6) is 17.2 Å². The van der Waals surface area contributed by atoms with E-state index in [2.05, 4.69) is 17.9 Å². The molecule has 3 rings (SSSR count). The van der Waals surface area contributed by atoms with E-state index in [0.717, 1.165) is 22.3 Å². The number of hydrogen-bond donors (Lipinski definition) is 2. The first kappa shape index (κ1) is 20.1. The molecule has 6 nitrogen and oxygen atoms in total. The van der Waals surface area contributed by atoms with E-state index in [4.69, 9.17) is 14.2 Å². The minimum Gasteiger partial charge on any atom is -0.493 e. The van der Waals surface area contributed by atoms with Gasteiger partial charge in [0.15, 0.2) is 16.9 Å². The summed E-state index contributed by atoms with van der Waals surface area (Å²) < 4.78 is 16.7. The van der Waals surface area contributed by atoms with Crippen LogP contribution >= 0.6 is 12.6 Å². The predicted octanol–water partition coefficient (Wildman–Crippen LogP) is 3.15. The second-order valence-electron chi connectivity index (χ2n) is 6.57. The van der Waals surface area contributed by atoms with E-state index in [9.17, 15) is 9.59 Å². The SMILES string of the molecule is COc1cc2c(c(OC)c1OC)-c1ccc(S)c(=O)cc1[C@@H](NC(C)=O)CC2. The van der Waals surface area contributed by atoms with E-state index in [1.807, 2.05) is 12.1 Å². The van der Waals surface area contributed by atoms with E-state index >= 15 is 0 Å². The molecule has 7 heteroatoms. The Bertz CT molecular complexity index is 989. The maximum atomic E-state index is 12.5. The summed E-state index contributed by atoms with van der Waals surface area (Å²) in [5, 5.41) is 2.96. The van der Waals surface area contributed by atoms with Gasteiger partial charge in [-0.25, -0.2) is 0 Å². The Hall–Kier alpha value is -2.67. The second kappa shape index (κ2) is 8.14. The summed E-state index contributed by atoms with van der Waals surface area (Å²) in [5.74, 6) is 1.42. The highest BCUT2D eigenvalue weighted by atomic mass is 32.1. The van der Waals surface area contributed by atoms with Crippen molar-refractivity contribution in [3.05, 3.63) is 45.6 Å². The molecule has 1 atom stereocenters. The summed E-state index contributed by atoms with van der Waals surface area (Å²) in [6.07, 6.45) is 1.29. The number of thiol groups is 1. The average Bonchev–Trinajstić information content (AvgIpc) is 2.90. The van der Waals surface area contributed by atoms with E-state index in [0.29, 0.717) is 35.0 Å². The molecule has 28 heavy (non-hydrogen) atoms. The van der Waals surface area contributed by atoms with Gasteiger partial charge >= 0.3 is 0 Å². The van der Waals surface area contributed by atoms with Crippen LogP contribution in [0.1, 0.15) is 30.5 Å². The number of methoxy groups -OCH3 is 3. The summed E-state index contributed by atoms with van der Waals surface area (Å²) in [5.41, 5.74) is 3.13. The Kier molecular flexibility index (Phi) is 5.84. The van der Waals surface area contributed by atoms with E-state index in [-0.39, 0.29) is 17.4 Å². The largest absolute Gasteiger partial charge is 0.493 e. The molecule has 0 fully saturated rings. The molecule has 0 bridgehead atoms. The first-order valence-corrected chi connectivity index (χ1v) is 9.32. The molecule has 2 aromatic rings. The third-order valence-electron chi connectivity index (χ3n) is 4.89. The van der Waals surface area contributed by atoms with Crippen LogP contribution in [-0.2, 0) is 11.2 Å². The van der Waals surface area contributed by atoms with Gasteiger partial charge in [-0.2, -0.15) is 0 Å². The quantitative estimate of drug-likeness (QED) is 0.770. The van der Waals surface area contributed by atoms with E-state index < -0.39 is 0 Å². The molecule has 1 amide bonds. The van der Waals surface area contributed by atoms with Gasteiger partial charge in [-0.3, -0.25) is 9.59 Å². The number of ether oxygens (including phenoxy) is 3. The second-order valence-corrected chi connectivity index (χ2v) is 7.05. The molecule has 0 aliphatic heterocycles. The third kappa shape index (κ3) is 3.54. The maximum absolute atomic E-state index is 12.5. The highest BCUT2D eigenvalue weighted by Crippen LogP contribution is 2.50. The van der Waals surface area contributed by atoms with Crippen molar-refractivity contribution >= 4 is 18.5 Å². The Morgan fingerprint density at radius 1 is 1.11 bits per heavy atom. The number of carbonyl (C=O) groups is 1. The predicted molar refractivity (Wildman–Crippen MR) is 110 cm³/mol. The van der Waals surface area contributed by atoms with Crippen LogP contribution in [0.15, 0.2) is 34.0 Å². The van der Waals surface area contributed by atoms with Crippen molar-refractivity contribution in [2.24, 2.45) is 0 Å². The van der Waals surface area contributed by atoms with Crippen LogP contribution in [-0.4, -0.2) is 27.2 Å². The van der Waals surface area contributed by atoms with Crippen molar-refractivity contribution in [2.75, 3.05) is 21.3 Å². The van der Waals surface area contributed by atoms with Crippen molar-refractivity contribution in [1.29, 1.82) is 0 Å². The molecule has 0 heterocycles. The van der Waals surface area contributed by atoms with Crippen molar-refractivity contribution in [3.8, 4) is 28.4 Å². The van der Waals surface area contributed by atoms with Crippen LogP contribution in [0.4, 0.5) is 0 Å². The number of rotatable bonds is 4. The van der Waals surface area contributed by atoms with E-state index in [1.165, 1.54) is 6.92 Å². The minimum absolute atomic E-state index is 0.158. The van der Waals surface area contributed by atoms with Gasteiger partial charge in [0.2, 0.25) is 11.7 Å². The summed E-state index contributed by atoms with van der Waals surface area (Å²) in [6.45, 7) is 1.47. The zero-order valence-corrected chi connectivity index (χ0v) is 17.2. The number of nitrogens with one attached hydrogen (secondary N) is 1. The number of carbonyl (C=O) groups excluding carboxylic acids is 1. The first-order valence-electron chi connectivity index (χ1n) is 8.87.